The maximum Gasteiger partial charge on any atom is 0.223 e. The van der Waals surface area contributed by atoms with Crippen molar-refractivity contribution in [1.29, 1.82) is 0 Å². The Kier molecular flexibility index (Phi) is 3.08. The Bertz CT molecular complexity index is 582. The molecule has 2 heterocycles. The van der Waals surface area contributed by atoms with E-state index >= 15 is 0 Å². The number of nitrogens with zero attached hydrogens (tertiary/aromatic N) is 2. The quantitative estimate of drug-likeness (QED) is 0.901. The number of hydrogen-bond donors (Lipinski definition) is 1. The summed E-state index contributed by atoms with van der Waals surface area (Å²) in [5.74, 6) is 2.67. The number of hydrogen-bond acceptors (Lipinski definition) is 6. The van der Waals surface area contributed by atoms with Crippen molar-refractivity contribution >= 4 is 0 Å². The molecule has 3 rings (SSSR count). The van der Waals surface area contributed by atoms with Crippen LogP contribution < -0.4 is 14.8 Å². The first-order valence-corrected chi connectivity index (χ1v) is 6.12. The molecule has 0 fully saturated rings. The lowest BCUT2D eigenvalue weighted by Crippen LogP contribution is -2.17. The molecule has 0 radical (unpaired) electrons. The molecule has 19 heavy (non-hydrogen) atoms. The van der Waals surface area contributed by atoms with E-state index in [1.165, 1.54) is 0 Å². The topological polar surface area (TPSA) is 69.4 Å². The molecule has 1 atom stereocenters. The van der Waals surface area contributed by atoms with Crippen molar-refractivity contribution in [1.82, 2.24) is 15.5 Å². The van der Waals surface area contributed by atoms with Crippen LogP contribution in [0.4, 0.5) is 0 Å². The van der Waals surface area contributed by atoms with Gasteiger partial charge in [-0.2, -0.15) is 4.98 Å². The van der Waals surface area contributed by atoms with Crippen molar-refractivity contribution in [3.63, 3.8) is 0 Å². The van der Waals surface area contributed by atoms with E-state index in [-0.39, 0.29) is 12.6 Å². The predicted molar refractivity (Wildman–Crippen MR) is 67.1 cm³/mol. The Labute approximate surface area is 110 Å². The largest absolute Gasteiger partial charge is 0.491 e. The summed E-state index contributed by atoms with van der Waals surface area (Å²) in [5.41, 5.74) is 1.16. The molecule has 2 aromatic rings. The van der Waals surface area contributed by atoms with Gasteiger partial charge in [-0.3, -0.25) is 0 Å². The van der Waals surface area contributed by atoms with Crippen LogP contribution in [0.1, 0.15) is 23.3 Å². The minimum Gasteiger partial charge on any atom is -0.491 e. The van der Waals surface area contributed by atoms with Gasteiger partial charge in [0.2, 0.25) is 11.7 Å². The van der Waals surface area contributed by atoms with Gasteiger partial charge in [-0.1, -0.05) is 5.16 Å². The molecule has 100 valence electrons. The summed E-state index contributed by atoms with van der Waals surface area (Å²) in [4.78, 5) is 4.08. The van der Waals surface area contributed by atoms with Crippen LogP contribution in [0.3, 0.4) is 0 Å². The van der Waals surface area contributed by atoms with Gasteiger partial charge >= 0.3 is 0 Å². The molecule has 1 unspecified atom stereocenters. The van der Waals surface area contributed by atoms with Crippen molar-refractivity contribution in [3.8, 4) is 11.5 Å². The molecular weight excluding hydrogens is 246 g/mol. The third kappa shape index (κ3) is 2.39. The zero-order chi connectivity index (χ0) is 13.2. The highest BCUT2D eigenvalue weighted by molar-refractivity contribution is 5.44. The van der Waals surface area contributed by atoms with Crippen molar-refractivity contribution < 1.29 is 14.0 Å². The zero-order valence-corrected chi connectivity index (χ0v) is 10.8. The molecule has 1 aromatic heterocycles. The molecule has 1 aliphatic heterocycles. The summed E-state index contributed by atoms with van der Waals surface area (Å²) in [5, 5.41) is 6.98. The molecule has 6 nitrogen and oxygen atoms in total. The summed E-state index contributed by atoms with van der Waals surface area (Å²) in [6, 6.07) is 6.08. The van der Waals surface area contributed by atoms with Crippen LogP contribution in [-0.4, -0.2) is 23.8 Å². The number of rotatable bonds is 4. The fourth-order valence-corrected chi connectivity index (χ4v) is 2.07. The van der Waals surface area contributed by atoms with E-state index < -0.39 is 0 Å². The van der Waals surface area contributed by atoms with Crippen LogP contribution in [0.15, 0.2) is 22.7 Å². The van der Waals surface area contributed by atoms with Crippen LogP contribution in [0.2, 0.25) is 0 Å². The summed E-state index contributed by atoms with van der Waals surface area (Å²) in [6.45, 7) is 2.68. The lowest BCUT2D eigenvalue weighted by molar-refractivity contribution is 0.282. The Morgan fingerprint density at radius 1 is 1.47 bits per heavy atom. The second-order valence-corrected chi connectivity index (χ2v) is 4.37. The van der Waals surface area contributed by atoms with E-state index in [4.69, 9.17) is 14.0 Å². The van der Waals surface area contributed by atoms with E-state index in [0.29, 0.717) is 18.3 Å². The minimum atomic E-state index is 0.254. The molecule has 0 saturated carbocycles. The Hall–Kier alpha value is -2.08. The Morgan fingerprint density at radius 3 is 3.11 bits per heavy atom. The van der Waals surface area contributed by atoms with Crippen molar-refractivity contribution in [2.45, 2.75) is 19.6 Å². The number of ether oxygens (including phenoxy) is 2. The van der Waals surface area contributed by atoms with Gasteiger partial charge < -0.3 is 19.3 Å². The van der Waals surface area contributed by atoms with Gasteiger partial charge in [0.05, 0.1) is 6.04 Å². The molecule has 0 aliphatic carbocycles. The SMILES string of the molecule is CNC1COc2cc(OCc3noc(C)n3)ccc21. The van der Waals surface area contributed by atoms with Crippen LogP contribution in [0.25, 0.3) is 0 Å². The van der Waals surface area contributed by atoms with Crippen LogP contribution in [0, 0.1) is 6.92 Å². The molecule has 0 saturated heterocycles. The summed E-state index contributed by atoms with van der Waals surface area (Å²) >= 11 is 0. The highest BCUT2D eigenvalue weighted by Gasteiger charge is 2.22. The average molecular weight is 261 g/mol. The molecule has 0 amide bonds. The van der Waals surface area contributed by atoms with Crippen LogP contribution in [0.5, 0.6) is 11.5 Å². The number of nitrogens with one attached hydrogen (secondary N) is 1. The van der Waals surface area contributed by atoms with Gasteiger partial charge in [0, 0.05) is 18.6 Å². The highest BCUT2D eigenvalue weighted by Crippen LogP contribution is 2.35. The van der Waals surface area contributed by atoms with Gasteiger partial charge in [0.1, 0.15) is 18.1 Å². The highest BCUT2D eigenvalue weighted by atomic mass is 16.5. The van der Waals surface area contributed by atoms with E-state index in [9.17, 15) is 0 Å². The first kappa shape index (κ1) is 12.0. The standard InChI is InChI=1S/C13H15N3O3/c1-8-15-13(16-19-8)7-17-9-3-4-10-11(14-2)6-18-12(10)5-9/h3-5,11,14H,6-7H2,1-2H3. The second kappa shape index (κ2) is 4.89. The molecule has 1 aromatic carbocycles. The third-order valence-electron chi connectivity index (χ3n) is 3.05. The molecule has 0 bridgehead atoms. The minimum absolute atomic E-state index is 0.254. The van der Waals surface area contributed by atoms with Gasteiger partial charge in [0.15, 0.2) is 6.61 Å². The Balaban J connectivity index is 1.69. The molecule has 1 aliphatic rings. The monoisotopic (exact) mass is 261 g/mol. The Morgan fingerprint density at radius 2 is 2.37 bits per heavy atom. The van der Waals surface area contributed by atoms with Gasteiger partial charge in [0.25, 0.3) is 0 Å². The molecule has 1 N–H and O–H groups in total. The fraction of sp³-hybridized carbons (Fsp3) is 0.385. The zero-order valence-electron chi connectivity index (χ0n) is 10.8. The van der Waals surface area contributed by atoms with Gasteiger partial charge in [-0.15, -0.1) is 0 Å². The van der Waals surface area contributed by atoms with Crippen LogP contribution >= 0.6 is 0 Å². The fourth-order valence-electron chi connectivity index (χ4n) is 2.07. The first-order chi connectivity index (χ1) is 9.26. The summed E-state index contributed by atoms with van der Waals surface area (Å²) in [7, 11) is 1.92. The maximum atomic E-state index is 5.61. The number of aromatic nitrogens is 2. The molecular formula is C13H15N3O3. The van der Waals surface area contributed by atoms with E-state index in [1.54, 1.807) is 6.92 Å². The van der Waals surface area contributed by atoms with E-state index in [1.807, 2.05) is 25.2 Å². The predicted octanol–water partition coefficient (Wildman–Crippen LogP) is 1.61. The summed E-state index contributed by atoms with van der Waals surface area (Å²) < 4.78 is 16.1. The van der Waals surface area contributed by atoms with E-state index in [0.717, 1.165) is 17.1 Å². The maximum absolute atomic E-state index is 5.61. The average Bonchev–Trinajstić information content (AvgIpc) is 3.01. The van der Waals surface area contributed by atoms with Gasteiger partial charge in [-0.25, -0.2) is 0 Å². The molecule has 0 spiro atoms. The second-order valence-electron chi connectivity index (χ2n) is 4.37. The van der Waals surface area contributed by atoms with Crippen molar-refractivity contribution in [2.24, 2.45) is 0 Å². The third-order valence-corrected chi connectivity index (χ3v) is 3.05. The lowest BCUT2D eigenvalue weighted by atomic mass is 10.1. The summed E-state index contributed by atoms with van der Waals surface area (Å²) in [6.07, 6.45) is 0. The van der Waals surface area contributed by atoms with E-state index in [2.05, 4.69) is 15.5 Å². The molecule has 6 heteroatoms. The lowest BCUT2D eigenvalue weighted by Gasteiger charge is -2.07. The first-order valence-electron chi connectivity index (χ1n) is 6.12. The van der Waals surface area contributed by atoms with Crippen molar-refractivity contribution in [2.75, 3.05) is 13.7 Å². The number of likely N-dealkylation sites (N-methyl/N-ethyl adjacent to an activating group) is 1. The van der Waals surface area contributed by atoms with Crippen LogP contribution in [-0.2, 0) is 6.61 Å². The number of aryl methyl sites for hydroxylation is 1. The van der Waals surface area contributed by atoms with Crippen molar-refractivity contribution in [3.05, 3.63) is 35.5 Å². The normalized spacial score (nSPS) is 17.1. The number of benzene rings is 1. The van der Waals surface area contributed by atoms with Gasteiger partial charge in [-0.05, 0) is 19.2 Å². The number of fused-ring (bicyclic) bond motifs is 1. The smallest absolute Gasteiger partial charge is 0.223 e.